The summed E-state index contributed by atoms with van der Waals surface area (Å²) in [5.41, 5.74) is 2.14. The van der Waals surface area contributed by atoms with Crippen LogP contribution in [-0.4, -0.2) is 45.8 Å². The van der Waals surface area contributed by atoms with Crippen molar-refractivity contribution in [2.45, 2.75) is 45.8 Å². The van der Waals surface area contributed by atoms with Gasteiger partial charge in [0.2, 0.25) is 5.91 Å². The van der Waals surface area contributed by atoms with E-state index in [2.05, 4.69) is 10.5 Å². The summed E-state index contributed by atoms with van der Waals surface area (Å²) < 4.78 is 5.25. The van der Waals surface area contributed by atoms with Crippen molar-refractivity contribution in [3.8, 4) is 0 Å². The molecule has 1 saturated heterocycles. The lowest BCUT2D eigenvalue weighted by Gasteiger charge is -2.31. The van der Waals surface area contributed by atoms with Crippen LogP contribution in [0, 0.1) is 19.8 Å². The highest BCUT2D eigenvalue weighted by molar-refractivity contribution is 5.88. The number of benzene rings is 1. The van der Waals surface area contributed by atoms with Crippen LogP contribution in [0.2, 0.25) is 0 Å². The van der Waals surface area contributed by atoms with Gasteiger partial charge in [0.1, 0.15) is 11.3 Å². The molecule has 0 bridgehead atoms. The van der Waals surface area contributed by atoms with Crippen molar-refractivity contribution in [3.05, 3.63) is 47.3 Å². The lowest BCUT2D eigenvalue weighted by atomic mass is 10.0. The average molecular weight is 357 g/mol. The largest absolute Gasteiger partial charge is 0.391 e. The molecule has 140 valence electrons. The van der Waals surface area contributed by atoms with Gasteiger partial charge in [-0.15, -0.1) is 0 Å². The quantitative estimate of drug-likeness (QED) is 0.860. The van der Waals surface area contributed by atoms with Crippen molar-refractivity contribution < 1.29 is 14.4 Å². The molecule has 1 aromatic carbocycles. The topological polar surface area (TPSA) is 78.6 Å². The Morgan fingerprint density at radius 3 is 2.62 bits per heavy atom. The first-order valence-corrected chi connectivity index (χ1v) is 8.99. The van der Waals surface area contributed by atoms with Crippen LogP contribution in [0.15, 0.2) is 34.9 Å². The average Bonchev–Trinajstić information content (AvgIpc) is 3.15. The molecule has 2 N–H and O–H groups in total. The summed E-state index contributed by atoms with van der Waals surface area (Å²) >= 11 is 0. The number of hydrogen-bond donors (Lipinski definition) is 2. The number of aromatic nitrogens is 1. The van der Waals surface area contributed by atoms with Gasteiger partial charge in [-0.05, 0) is 39.8 Å². The molecule has 1 aliphatic heterocycles. The third kappa shape index (κ3) is 4.07. The van der Waals surface area contributed by atoms with Gasteiger partial charge in [-0.2, -0.15) is 0 Å². The van der Waals surface area contributed by atoms with Crippen LogP contribution in [0.3, 0.4) is 0 Å². The number of nitrogens with zero attached hydrogens (tertiary/aromatic N) is 2. The SMILES string of the molecule is Cc1ccc(NC(C)(C)C(=O)N2C[C@@H](Cc3cc(C)no3)[C@H](O)C2)cc1. The van der Waals surface area contributed by atoms with Crippen molar-refractivity contribution in [2.24, 2.45) is 5.92 Å². The Balaban J connectivity index is 1.64. The second-order valence-electron chi connectivity index (χ2n) is 7.79. The maximum atomic E-state index is 13.0. The van der Waals surface area contributed by atoms with Gasteiger partial charge in [0, 0.05) is 37.2 Å². The number of amides is 1. The second-order valence-corrected chi connectivity index (χ2v) is 7.79. The molecule has 2 aromatic rings. The lowest BCUT2D eigenvalue weighted by Crippen LogP contribution is -2.49. The summed E-state index contributed by atoms with van der Waals surface area (Å²) in [7, 11) is 0. The third-order valence-electron chi connectivity index (χ3n) is 4.88. The Bertz CT molecular complexity index is 767. The smallest absolute Gasteiger partial charge is 0.247 e. The van der Waals surface area contributed by atoms with Crippen molar-refractivity contribution in [3.63, 3.8) is 0 Å². The van der Waals surface area contributed by atoms with E-state index in [9.17, 15) is 9.90 Å². The molecule has 0 unspecified atom stereocenters. The number of aliphatic hydroxyl groups is 1. The number of hydrogen-bond acceptors (Lipinski definition) is 5. The molecule has 3 rings (SSSR count). The Morgan fingerprint density at radius 2 is 2.00 bits per heavy atom. The summed E-state index contributed by atoms with van der Waals surface area (Å²) in [6, 6.07) is 9.84. The van der Waals surface area contributed by atoms with Crippen molar-refractivity contribution in [1.82, 2.24) is 10.1 Å². The number of carbonyl (C=O) groups is 1. The van der Waals surface area contributed by atoms with Gasteiger partial charge in [0.15, 0.2) is 0 Å². The molecular weight excluding hydrogens is 330 g/mol. The Labute approximate surface area is 154 Å². The van der Waals surface area contributed by atoms with Crippen LogP contribution in [0.4, 0.5) is 5.69 Å². The van der Waals surface area contributed by atoms with E-state index in [1.54, 1.807) is 4.90 Å². The molecule has 6 nitrogen and oxygen atoms in total. The maximum Gasteiger partial charge on any atom is 0.247 e. The van der Waals surface area contributed by atoms with E-state index in [1.165, 1.54) is 5.56 Å². The zero-order chi connectivity index (χ0) is 18.9. The van der Waals surface area contributed by atoms with E-state index < -0.39 is 11.6 Å². The molecule has 0 spiro atoms. The van der Waals surface area contributed by atoms with Gasteiger partial charge < -0.3 is 19.8 Å². The van der Waals surface area contributed by atoms with E-state index in [4.69, 9.17) is 4.52 Å². The summed E-state index contributed by atoms with van der Waals surface area (Å²) in [6.07, 6.45) is 0.0250. The van der Waals surface area contributed by atoms with Gasteiger partial charge in [0.25, 0.3) is 0 Å². The highest BCUT2D eigenvalue weighted by Crippen LogP contribution is 2.26. The number of aliphatic hydroxyl groups excluding tert-OH is 1. The predicted octanol–water partition coefficient (Wildman–Crippen LogP) is 2.54. The van der Waals surface area contributed by atoms with E-state index in [1.807, 2.05) is 58.0 Å². The second kappa shape index (κ2) is 7.11. The molecule has 2 atom stereocenters. The minimum Gasteiger partial charge on any atom is -0.391 e. The van der Waals surface area contributed by atoms with Gasteiger partial charge in [-0.25, -0.2) is 0 Å². The fourth-order valence-electron chi connectivity index (χ4n) is 3.44. The number of β-amino-alcohol motifs (C(OH)–C–C–N with tert-alkyl or cyclic N) is 1. The molecule has 1 aromatic heterocycles. The molecule has 2 heterocycles. The molecule has 0 radical (unpaired) electrons. The first kappa shape index (κ1) is 18.5. The highest BCUT2D eigenvalue weighted by atomic mass is 16.5. The molecule has 0 aliphatic carbocycles. The first-order chi connectivity index (χ1) is 12.2. The molecule has 6 heteroatoms. The molecular formula is C20H27N3O3. The molecule has 1 aliphatic rings. The number of likely N-dealkylation sites (tertiary alicyclic amines) is 1. The number of rotatable bonds is 5. The maximum absolute atomic E-state index is 13.0. The Morgan fingerprint density at radius 1 is 1.31 bits per heavy atom. The van der Waals surface area contributed by atoms with E-state index in [-0.39, 0.29) is 11.8 Å². The normalized spacial score (nSPS) is 20.4. The summed E-state index contributed by atoms with van der Waals surface area (Å²) in [5, 5.41) is 17.6. The number of carbonyl (C=O) groups excluding carboxylic acids is 1. The molecule has 26 heavy (non-hydrogen) atoms. The predicted molar refractivity (Wildman–Crippen MR) is 99.9 cm³/mol. The van der Waals surface area contributed by atoms with Gasteiger partial charge >= 0.3 is 0 Å². The van der Waals surface area contributed by atoms with Crippen molar-refractivity contribution >= 4 is 11.6 Å². The monoisotopic (exact) mass is 357 g/mol. The van der Waals surface area contributed by atoms with Crippen LogP contribution in [0.5, 0.6) is 0 Å². The Kier molecular flexibility index (Phi) is 5.05. The Hall–Kier alpha value is -2.34. The minimum atomic E-state index is -0.757. The van der Waals surface area contributed by atoms with Gasteiger partial charge in [-0.3, -0.25) is 4.79 Å². The van der Waals surface area contributed by atoms with Gasteiger partial charge in [-0.1, -0.05) is 22.9 Å². The third-order valence-corrected chi connectivity index (χ3v) is 4.88. The fraction of sp³-hybridized carbons (Fsp3) is 0.500. The molecule has 0 saturated carbocycles. The zero-order valence-electron chi connectivity index (χ0n) is 15.8. The van der Waals surface area contributed by atoms with Crippen molar-refractivity contribution in [2.75, 3.05) is 18.4 Å². The summed E-state index contributed by atoms with van der Waals surface area (Å²) in [4.78, 5) is 14.7. The van der Waals surface area contributed by atoms with Crippen LogP contribution in [0.25, 0.3) is 0 Å². The lowest BCUT2D eigenvalue weighted by molar-refractivity contribution is -0.134. The minimum absolute atomic E-state index is 0.0200. The summed E-state index contributed by atoms with van der Waals surface area (Å²) in [5.74, 6) is 0.688. The number of aryl methyl sites for hydroxylation is 2. The number of nitrogens with one attached hydrogen (secondary N) is 1. The molecule has 1 fully saturated rings. The van der Waals surface area contributed by atoms with Crippen LogP contribution in [0.1, 0.15) is 30.9 Å². The zero-order valence-corrected chi connectivity index (χ0v) is 15.8. The number of anilines is 1. The van der Waals surface area contributed by atoms with Gasteiger partial charge in [0.05, 0.1) is 11.8 Å². The molecule has 1 amide bonds. The summed E-state index contributed by atoms with van der Waals surface area (Å²) in [6.45, 7) is 8.49. The van der Waals surface area contributed by atoms with Crippen LogP contribution in [-0.2, 0) is 11.2 Å². The standard InChI is InChI=1S/C20H27N3O3/c1-13-5-7-16(8-6-13)21-20(3,4)19(25)23-11-15(18(24)12-23)10-17-9-14(2)22-26-17/h5-9,15,18,21,24H,10-12H2,1-4H3/t15-,18-/m1/s1. The highest BCUT2D eigenvalue weighted by Gasteiger charge is 2.40. The van der Waals surface area contributed by atoms with E-state index in [0.29, 0.717) is 19.5 Å². The van der Waals surface area contributed by atoms with Crippen LogP contribution < -0.4 is 5.32 Å². The van der Waals surface area contributed by atoms with E-state index in [0.717, 1.165) is 17.1 Å². The fourth-order valence-corrected chi connectivity index (χ4v) is 3.44. The van der Waals surface area contributed by atoms with Crippen LogP contribution >= 0.6 is 0 Å². The van der Waals surface area contributed by atoms with E-state index >= 15 is 0 Å². The van der Waals surface area contributed by atoms with Crippen molar-refractivity contribution in [1.29, 1.82) is 0 Å². The first-order valence-electron chi connectivity index (χ1n) is 8.99.